The highest BCUT2D eigenvalue weighted by Crippen LogP contribution is 2.35. The Morgan fingerprint density at radius 1 is 0.940 bits per heavy atom. The number of nitrogens with one attached hydrogen (secondary N) is 4. The fourth-order valence-electron chi connectivity index (χ4n) is 5.19. The number of ether oxygens (including phenoxy) is 1. The van der Waals surface area contributed by atoms with Crippen molar-refractivity contribution in [2.75, 3.05) is 42.2 Å². The first-order chi connectivity index (χ1) is 23.9. The number of nitrogens with zero attached hydrogens (tertiary/aromatic N) is 1. The predicted molar refractivity (Wildman–Crippen MR) is 188 cm³/mol. The van der Waals surface area contributed by atoms with E-state index in [1.165, 1.54) is 17.8 Å². The fourth-order valence-corrected chi connectivity index (χ4v) is 6.31. The van der Waals surface area contributed by atoms with E-state index in [4.69, 9.17) is 16.3 Å². The SMILES string of the molecule is CCOC(=O)CNC(=O)CCSCc1cccc(C(=O)Nc2ccc(N3CCCCC3)cc2C(=O)NNCc2ccc(Cl)c(C(F)(F)F)c2)c1. The molecule has 0 radical (unpaired) electrons. The Bertz CT molecular complexity index is 1670. The minimum atomic E-state index is -4.62. The van der Waals surface area contributed by atoms with E-state index in [-0.39, 0.29) is 48.8 Å². The van der Waals surface area contributed by atoms with Crippen molar-refractivity contribution in [1.82, 2.24) is 16.2 Å². The second kappa shape index (κ2) is 18.6. The van der Waals surface area contributed by atoms with Crippen LogP contribution in [-0.4, -0.2) is 55.7 Å². The first-order valence-electron chi connectivity index (χ1n) is 16.1. The zero-order valence-corrected chi connectivity index (χ0v) is 29.0. The summed E-state index contributed by atoms with van der Waals surface area (Å²) >= 11 is 7.22. The van der Waals surface area contributed by atoms with Gasteiger partial charge in [-0.05, 0) is 79.8 Å². The number of hydrogen-bond acceptors (Lipinski definition) is 8. The van der Waals surface area contributed by atoms with Gasteiger partial charge in [-0.3, -0.25) is 24.6 Å². The molecule has 15 heteroatoms. The molecule has 1 fully saturated rings. The molecular weight excluding hydrogens is 695 g/mol. The van der Waals surface area contributed by atoms with Gasteiger partial charge in [0.1, 0.15) is 6.54 Å². The van der Waals surface area contributed by atoms with E-state index in [0.29, 0.717) is 17.1 Å². The standard InChI is InChI=1S/C35H39ClF3N5O5S/c1-2-49-32(46)21-40-31(45)13-16-50-22-24-7-6-8-25(17-24)33(47)42-30-12-10-26(44-14-4-3-5-15-44)19-27(30)34(48)43-41-20-23-9-11-29(36)28(18-23)35(37,38)39/h6-12,17-19,41H,2-5,13-16,20-22H2,1H3,(H,40,45)(H,42,47)(H,43,48). The minimum Gasteiger partial charge on any atom is -0.465 e. The lowest BCUT2D eigenvalue weighted by atomic mass is 10.1. The van der Waals surface area contributed by atoms with E-state index in [1.807, 2.05) is 12.1 Å². The van der Waals surface area contributed by atoms with Gasteiger partial charge in [0.25, 0.3) is 11.8 Å². The van der Waals surface area contributed by atoms with E-state index < -0.39 is 34.5 Å². The Balaban J connectivity index is 1.40. The van der Waals surface area contributed by atoms with Crippen molar-refractivity contribution < 1.29 is 37.1 Å². The second-order valence-corrected chi connectivity index (χ2v) is 12.9. The molecule has 1 heterocycles. The van der Waals surface area contributed by atoms with E-state index >= 15 is 0 Å². The van der Waals surface area contributed by atoms with Gasteiger partial charge in [-0.25, -0.2) is 5.43 Å². The van der Waals surface area contributed by atoms with Crippen LogP contribution < -0.4 is 26.4 Å². The summed E-state index contributed by atoms with van der Waals surface area (Å²) in [5.74, 6) is -0.743. The molecule has 0 aromatic heterocycles. The number of esters is 1. The van der Waals surface area contributed by atoms with Crippen molar-refractivity contribution in [3.8, 4) is 0 Å². The molecular formula is C35H39ClF3N5O5S. The van der Waals surface area contributed by atoms with Crippen molar-refractivity contribution in [2.24, 2.45) is 0 Å². The lowest BCUT2D eigenvalue weighted by Crippen LogP contribution is -2.37. The number of hydrogen-bond donors (Lipinski definition) is 4. The smallest absolute Gasteiger partial charge is 0.417 e. The maximum Gasteiger partial charge on any atom is 0.417 e. The summed E-state index contributed by atoms with van der Waals surface area (Å²) in [6, 6.07) is 15.7. The summed E-state index contributed by atoms with van der Waals surface area (Å²) in [5, 5.41) is 4.93. The first-order valence-corrected chi connectivity index (χ1v) is 17.7. The third-order valence-electron chi connectivity index (χ3n) is 7.71. The van der Waals surface area contributed by atoms with Crippen LogP contribution in [0.2, 0.25) is 5.02 Å². The first kappa shape index (κ1) is 38.5. The topological polar surface area (TPSA) is 129 Å². The van der Waals surface area contributed by atoms with Crippen molar-refractivity contribution in [3.05, 3.63) is 93.5 Å². The normalized spacial score (nSPS) is 13.0. The molecule has 50 heavy (non-hydrogen) atoms. The number of halogens is 4. The van der Waals surface area contributed by atoms with Gasteiger partial charge >= 0.3 is 12.1 Å². The number of amides is 3. The van der Waals surface area contributed by atoms with Gasteiger partial charge in [-0.2, -0.15) is 24.9 Å². The van der Waals surface area contributed by atoms with Gasteiger partial charge < -0.3 is 20.3 Å². The van der Waals surface area contributed by atoms with Crippen LogP contribution in [0.1, 0.15) is 70.0 Å². The molecule has 3 aromatic carbocycles. The molecule has 0 atom stereocenters. The lowest BCUT2D eigenvalue weighted by Gasteiger charge is -2.29. The van der Waals surface area contributed by atoms with Gasteiger partial charge in [-0.1, -0.05) is 29.8 Å². The molecule has 1 aliphatic rings. The Kier molecular flexibility index (Phi) is 14.4. The summed E-state index contributed by atoms with van der Waals surface area (Å²) in [6.45, 7) is 3.30. The zero-order valence-electron chi connectivity index (χ0n) is 27.5. The van der Waals surface area contributed by atoms with Gasteiger partial charge in [-0.15, -0.1) is 0 Å². The molecule has 3 aromatic rings. The number of carbonyl (C=O) groups is 4. The zero-order chi connectivity index (χ0) is 36.1. The molecule has 0 saturated carbocycles. The number of anilines is 2. The molecule has 3 amide bonds. The van der Waals surface area contributed by atoms with Gasteiger partial charge in [0.15, 0.2) is 0 Å². The van der Waals surface area contributed by atoms with Crippen LogP contribution in [0, 0.1) is 0 Å². The number of benzene rings is 3. The van der Waals surface area contributed by atoms with E-state index in [2.05, 4.69) is 26.4 Å². The highest BCUT2D eigenvalue weighted by Gasteiger charge is 2.33. The van der Waals surface area contributed by atoms with Crippen LogP contribution >= 0.6 is 23.4 Å². The number of thioether (sulfide) groups is 1. The van der Waals surface area contributed by atoms with Crippen LogP contribution in [0.5, 0.6) is 0 Å². The number of alkyl halides is 3. The monoisotopic (exact) mass is 733 g/mol. The lowest BCUT2D eigenvalue weighted by molar-refractivity contribution is -0.143. The van der Waals surface area contributed by atoms with Crippen LogP contribution in [-0.2, 0) is 32.8 Å². The average Bonchev–Trinajstić information content (AvgIpc) is 3.10. The van der Waals surface area contributed by atoms with Crippen molar-refractivity contribution in [3.63, 3.8) is 0 Å². The number of rotatable bonds is 15. The number of carbonyl (C=O) groups excluding carboxylic acids is 4. The summed E-state index contributed by atoms with van der Waals surface area (Å²) in [4.78, 5) is 52.4. The highest BCUT2D eigenvalue weighted by atomic mass is 35.5. The molecule has 0 unspecified atom stereocenters. The minimum absolute atomic E-state index is 0.109. The third kappa shape index (κ3) is 11.7. The van der Waals surface area contributed by atoms with E-state index in [9.17, 15) is 32.3 Å². The maximum atomic E-state index is 13.4. The maximum absolute atomic E-state index is 13.4. The highest BCUT2D eigenvalue weighted by molar-refractivity contribution is 7.98. The molecule has 0 spiro atoms. The van der Waals surface area contributed by atoms with Gasteiger partial charge in [0, 0.05) is 48.8 Å². The molecule has 268 valence electrons. The van der Waals surface area contributed by atoms with E-state index in [1.54, 1.807) is 37.3 Å². The van der Waals surface area contributed by atoms with Crippen LogP contribution in [0.15, 0.2) is 60.7 Å². The molecule has 1 saturated heterocycles. The molecule has 0 aliphatic carbocycles. The predicted octanol–water partition coefficient (Wildman–Crippen LogP) is 6.34. The summed E-state index contributed by atoms with van der Waals surface area (Å²) in [6.07, 6.45) is -1.26. The molecule has 4 rings (SSSR count). The fraction of sp³-hybridized carbons (Fsp3) is 0.371. The summed E-state index contributed by atoms with van der Waals surface area (Å²) < 4.78 is 44.7. The third-order valence-corrected chi connectivity index (χ3v) is 9.07. The molecule has 0 bridgehead atoms. The Labute approximate surface area is 297 Å². The summed E-state index contributed by atoms with van der Waals surface area (Å²) in [7, 11) is 0. The second-order valence-electron chi connectivity index (χ2n) is 11.4. The van der Waals surface area contributed by atoms with Gasteiger partial charge in [0.2, 0.25) is 5.91 Å². The van der Waals surface area contributed by atoms with Crippen LogP contribution in [0.25, 0.3) is 0 Å². The summed E-state index contributed by atoms with van der Waals surface area (Å²) in [5.41, 5.74) is 6.98. The molecule has 1 aliphatic heterocycles. The van der Waals surface area contributed by atoms with Crippen molar-refractivity contribution >= 4 is 58.4 Å². The van der Waals surface area contributed by atoms with Crippen molar-refractivity contribution in [1.29, 1.82) is 0 Å². The molecule has 4 N–H and O–H groups in total. The van der Waals surface area contributed by atoms with Gasteiger partial charge in [0.05, 0.1) is 28.4 Å². The average molecular weight is 734 g/mol. The quantitative estimate of drug-likeness (QED) is 0.0810. The van der Waals surface area contributed by atoms with Crippen LogP contribution in [0.3, 0.4) is 0 Å². The molecule has 10 nitrogen and oxygen atoms in total. The van der Waals surface area contributed by atoms with Crippen molar-refractivity contribution in [2.45, 2.75) is 51.1 Å². The van der Waals surface area contributed by atoms with E-state index in [0.717, 1.165) is 55.7 Å². The Hall–Kier alpha value is -4.27. The largest absolute Gasteiger partial charge is 0.465 e. The number of hydrazine groups is 1. The number of piperidine rings is 1. The Morgan fingerprint density at radius 2 is 1.72 bits per heavy atom. The Morgan fingerprint density at radius 3 is 2.46 bits per heavy atom. The van der Waals surface area contributed by atoms with Crippen LogP contribution in [0.4, 0.5) is 24.5 Å².